The van der Waals surface area contributed by atoms with Crippen molar-refractivity contribution < 1.29 is 13.9 Å². The normalized spacial score (nSPS) is 19.0. The fraction of sp³-hybridized carbons (Fsp3) is 0.316. The zero-order valence-corrected chi connectivity index (χ0v) is 16.8. The molecule has 156 valence electrons. The number of piperidine rings is 1. The molecule has 0 spiro atoms. The number of nitrogens with zero attached hydrogens (tertiary/aromatic N) is 5. The van der Waals surface area contributed by atoms with Crippen molar-refractivity contribution in [2.45, 2.75) is 19.0 Å². The fourth-order valence-electron chi connectivity index (χ4n) is 3.45. The Bertz CT molecular complexity index is 1100. The van der Waals surface area contributed by atoms with E-state index in [4.69, 9.17) is 22.1 Å². The highest BCUT2D eigenvalue weighted by Gasteiger charge is 2.35. The number of rotatable bonds is 4. The Kier molecular flexibility index (Phi) is 5.60. The van der Waals surface area contributed by atoms with Crippen molar-refractivity contribution in [2.75, 3.05) is 23.9 Å². The summed E-state index contributed by atoms with van der Waals surface area (Å²) in [5.74, 6) is -0.570. The summed E-state index contributed by atoms with van der Waals surface area (Å²) < 4.78 is 18.3. The third kappa shape index (κ3) is 3.83. The SMILES string of the molecule is COC(=O)C1CCCN(c2ncc3ncnc(Nc4ccc(F)c(Cl)c4)c3n2)C1N. The average molecular weight is 432 g/mol. The summed E-state index contributed by atoms with van der Waals surface area (Å²) in [4.78, 5) is 31.2. The van der Waals surface area contributed by atoms with Gasteiger partial charge in [0.15, 0.2) is 5.82 Å². The van der Waals surface area contributed by atoms with Crippen molar-refractivity contribution in [3.63, 3.8) is 0 Å². The molecule has 1 aliphatic heterocycles. The second kappa shape index (κ2) is 8.33. The van der Waals surface area contributed by atoms with E-state index in [2.05, 4.69) is 25.3 Å². The standard InChI is InChI=1S/C19H19ClFN7O2/c1-30-18(29)11-3-2-6-28(16(11)22)19-23-8-14-15(27-19)17(25-9-24-14)26-10-4-5-13(21)12(20)7-10/h4-5,7-9,11,16H,2-3,6,22H2,1H3,(H,24,25,26). The molecular weight excluding hydrogens is 413 g/mol. The van der Waals surface area contributed by atoms with Gasteiger partial charge in [0.25, 0.3) is 0 Å². The molecule has 0 aliphatic carbocycles. The number of hydrogen-bond acceptors (Lipinski definition) is 9. The zero-order chi connectivity index (χ0) is 21.3. The molecule has 30 heavy (non-hydrogen) atoms. The second-order valence-corrected chi connectivity index (χ2v) is 7.24. The monoisotopic (exact) mass is 431 g/mol. The van der Waals surface area contributed by atoms with Crippen LogP contribution in [0.15, 0.2) is 30.7 Å². The highest BCUT2D eigenvalue weighted by atomic mass is 35.5. The predicted octanol–water partition coefficient (Wildman–Crippen LogP) is 2.63. The lowest BCUT2D eigenvalue weighted by Crippen LogP contribution is -2.54. The van der Waals surface area contributed by atoms with Crippen LogP contribution >= 0.6 is 11.6 Å². The summed E-state index contributed by atoms with van der Waals surface area (Å²) >= 11 is 5.86. The van der Waals surface area contributed by atoms with Crippen LogP contribution in [0.5, 0.6) is 0 Å². The average Bonchev–Trinajstić information content (AvgIpc) is 2.76. The van der Waals surface area contributed by atoms with Gasteiger partial charge in [-0.3, -0.25) is 4.79 Å². The maximum Gasteiger partial charge on any atom is 0.312 e. The number of nitrogens with one attached hydrogen (secondary N) is 1. The van der Waals surface area contributed by atoms with E-state index < -0.39 is 17.9 Å². The van der Waals surface area contributed by atoms with Crippen LogP contribution in [0.1, 0.15) is 12.8 Å². The summed E-state index contributed by atoms with van der Waals surface area (Å²) in [6, 6.07) is 4.25. The number of halogens is 2. The first-order valence-electron chi connectivity index (χ1n) is 9.28. The molecule has 2 unspecified atom stereocenters. The molecule has 1 saturated heterocycles. The van der Waals surface area contributed by atoms with Crippen LogP contribution in [0.4, 0.5) is 21.8 Å². The number of aromatic nitrogens is 4. The smallest absolute Gasteiger partial charge is 0.312 e. The van der Waals surface area contributed by atoms with E-state index in [1.165, 1.54) is 25.6 Å². The van der Waals surface area contributed by atoms with Crippen molar-refractivity contribution in [1.82, 2.24) is 19.9 Å². The van der Waals surface area contributed by atoms with Crippen LogP contribution in [0.3, 0.4) is 0 Å². The van der Waals surface area contributed by atoms with Crippen molar-refractivity contribution in [1.29, 1.82) is 0 Å². The number of ether oxygens (including phenoxy) is 1. The number of fused-ring (bicyclic) bond motifs is 1. The quantitative estimate of drug-likeness (QED) is 0.600. The highest BCUT2D eigenvalue weighted by Crippen LogP contribution is 2.28. The third-order valence-corrected chi connectivity index (χ3v) is 5.28. The van der Waals surface area contributed by atoms with Crippen LogP contribution in [-0.4, -0.2) is 45.7 Å². The first kappa shape index (κ1) is 20.2. The van der Waals surface area contributed by atoms with Gasteiger partial charge in [-0.05, 0) is 31.0 Å². The fourth-order valence-corrected chi connectivity index (χ4v) is 3.63. The van der Waals surface area contributed by atoms with Gasteiger partial charge in [0.05, 0.1) is 30.4 Å². The van der Waals surface area contributed by atoms with E-state index in [-0.39, 0.29) is 11.0 Å². The topological polar surface area (TPSA) is 119 Å². The van der Waals surface area contributed by atoms with E-state index in [1.54, 1.807) is 17.2 Å². The van der Waals surface area contributed by atoms with E-state index in [0.717, 1.165) is 6.42 Å². The molecule has 0 saturated carbocycles. The molecule has 0 radical (unpaired) electrons. The van der Waals surface area contributed by atoms with E-state index in [0.29, 0.717) is 41.5 Å². The molecule has 2 aromatic heterocycles. The summed E-state index contributed by atoms with van der Waals surface area (Å²) in [6.45, 7) is 0.601. The molecule has 3 N–H and O–H groups in total. The lowest BCUT2D eigenvalue weighted by Gasteiger charge is -2.37. The number of carbonyl (C=O) groups is 1. The molecule has 11 heteroatoms. The Morgan fingerprint density at radius 1 is 1.37 bits per heavy atom. The van der Waals surface area contributed by atoms with Crippen molar-refractivity contribution in [3.05, 3.63) is 41.6 Å². The Balaban J connectivity index is 1.68. The number of methoxy groups -OCH3 is 1. The van der Waals surface area contributed by atoms with E-state index in [1.807, 2.05) is 0 Å². The lowest BCUT2D eigenvalue weighted by atomic mass is 9.95. The van der Waals surface area contributed by atoms with Crippen LogP contribution in [0.2, 0.25) is 5.02 Å². The summed E-state index contributed by atoms with van der Waals surface area (Å²) in [5, 5.41) is 3.06. The van der Waals surface area contributed by atoms with Gasteiger partial charge in [0.1, 0.15) is 23.2 Å². The molecule has 4 rings (SSSR count). The number of carbonyl (C=O) groups excluding carboxylic acids is 1. The molecule has 1 aliphatic rings. The summed E-state index contributed by atoms with van der Waals surface area (Å²) in [7, 11) is 1.34. The van der Waals surface area contributed by atoms with E-state index >= 15 is 0 Å². The first-order chi connectivity index (χ1) is 14.5. The maximum absolute atomic E-state index is 13.4. The minimum absolute atomic E-state index is 0.0122. The molecule has 2 atom stereocenters. The van der Waals surface area contributed by atoms with Gasteiger partial charge >= 0.3 is 5.97 Å². The Morgan fingerprint density at radius 2 is 2.20 bits per heavy atom. The molecule has 9 nitrogen and oxygen atoms in total. The zero-order valence-electron chi connectivity index (χ0n) is 16.0. The van der Waals surface area contributed by atoms with Gasteiger partial charge in [0.2, 0.25) is 5.95 Å². The number of esters is 1. The molecule has 1 aromatic carbocycles. The van der Waals surface area contributed by atoms with Crippen molar-refractivity contribution in [2.24, 2.45) is 11.7 Å². The minimum Gasteiger partial charge on any atom is -0.469 e. The third-order valence-electron chi connectivity index (χ3n) is 4.99. The largest absolute Gasteiger partial charge is 0.469 e. The molecule has 3 aromatic rings. The van der Waals surface area contributed by atoms with Crippen LogP contribution in [0.25, 0.3) is 11.0 Å². The van der Waals surface area contributed by atoms with Gasteiger partial charge in [-0.2, -0.15) is 0 Å². The van der Waals surface area contributed by atoms with Gasteiger partial charge in [-0.25, -0.2) is 24.3 Å². The lowest BCUT2D eigenvalue weighted by molar-refractivity contribution is -0.146. The Hall–Kier alpha value is -3.11. The van der Waals surface area contributed by atoms with Crippen molar-refractivity contribution >= 4 is 46.1 Å². The van der Waals surface area contributed by atoms with Gasteiger partial charge in [-0.15, -0.1) is 0 Å². The van der Waals surface area contributed by atoms with Crippen LogP contribution < -0.4 is 16.0 Å². The second-order valence-electron chi connectivity index (χ2n) is 6.84. The maximum atomic E-state index is 13.4. The number of benzene rings is 1. The number of anilines is 3. The molecule has 0 bridgehead atoms. The van der Waals surface area contributed by atoms with Gasteiger partial charge < -0.3 is 20.7 Å². The Morgan fingerprint density at radius 3 is 2.97 bits per heavy atom. The Labute approximate surface area is 176 Å². The van der Waals surface area contributed by atoms with Gasteiger partial charge in [0, 0.05) is 12.2 Å². The molecule has 3 heterocycles. The highest BCUT2D eigenvalue weighted by molar-refractivity contribution is 6.31. The summed E-state index contributed by atoms with van der Waals surface area (Å²) in [6.07, 6.45) is 3.72. The predicted molar refractivity (Wildman–Crippen MR) is 110 cm³/mol. The van der Waals surface area contributed by atoms with Crippen LogP contribution in [0, 0.1) is 11.7 Å². The van der Waals surface area contributed by atoms with E-state index in [9.17, 15) is 9.18 Å². The van der Waals surface area contributed by atoms with Gasteiger partial charge in [-0.1, -0.05) is 11.6 Å². The number of nitrogens with two attached hydrogens (primary N) is 1. The summed E-state index contributed by atoms with van der Waals surface area (Å²) in [5.41, 5.74) is 7.83. The molecule has 1 fully saturated rings. The molecular formula is C19H19ClFN7O2. The minimum atomic E-state index is -0.611. The van der Waals surface area contributed by atoms with Crippen LogP contribution in [-0.2, 0) is 9.53 Å². The molecule has 0 amide bonds. The van der Waals surface area contributed by atoms with Crippen molar-refractivity contribution in [3.8, 4) is 0 Å². The first-order valence-corrected chi connectivity index (χ1v) is 9.65. The number of hydrogen-bond donors (Lipinski definition) is 2.